The van der Waals surface area contributed by atoms with E-state index in [9.17, 15) is 9.90 Å². The van der Waals surface area contributed by atoms with Crippen LogP contribution < -0.4 is 0 Å². The fraction of sp³-hybridized carbons (Fsp3) is 0.933. The van der Waals surface area contributed by atoms with E-state index in [4.69, 9.17) is 0 Å². The van der Waals surface area contributed by atoms with Gasteiger partial charge in [-0.25, -0.2) is 0 Å². The van der Waals surface area contributed by atoms with E-state index in [1.54, 1.807) is 0 Å². The van der Waals surface area contributed by atoms with Crippen molar-refractivity contribution < 1.29 is 9.90 Å². The molecule has 1 aliphatic rings. The van der Waals surface area contributed by atoms with Crippen LogP contribution in [0.3, 0.4) is 0 Å². The van der Waals surface area contributed by atoms with E-state index < -0.39 is 11.4 Å². The highest BCUT2D eigenvalue weighted by molar-refractivity contribution is 5.74. The normalized spacial score (nSPS) is 23.0. The minimum Gasteiger partial charge on any atom is -0.481 e. The van der Waals surface area contributed by atoms with E-state index in [2.05, 4.69) is 20.8 Å². The number of hydrogen-bond donors (Lipinski definition) is 1. The molecular formula is C15H28O2. The molecule has 1 fully saturated rings. The second-order valence-corrected chi connectivity index (χ2v) is 5.90. The Bertz CT molecular complexity index is 241. The molecule has 0 bridgehead atoms. The number of carboxylic acid groups (broad SMARTS) is 1. The van der Waals surface area contributed by atoms with E-state index in [1.165, 1.54) is 6.42 Å². The molecule has 0 aliphatic heterocycles. The second kappa shape index (κ2) is 6.42. The van der Waals surface area contributed by atoms with Crippen LogP contribution in [-0.4, -0.2) is 11.1 Å². The Balaban J connectivity index is 2.74. The van der Waals surface area contributed by atoms with E-state index in [1.807, 2.05) is 0 Å². The smallest absolute Gasteiger partial charge is 0.309 e. The van der Waals surface area contributed by atoms with Crippen LogP contribution in [0.25, 0.3) is 0 Å². The van der Waals surface area contributed by atoms with Crippen LogP contribution in [0, 0.1) is 17.3 Å². The van der Waals surface area contributed by atoms with E-state index >= 15 is 0 Å². The van der Waals surface area contributed by atoms with Crippen molar-refractivity contribution in [2.45, 2.75) is 72.1 Å². The molecule has 0 radical (unpaired) electrons. The summed E-state index contributed by atoms with van der Waals surface area (Å²) in [6, 6.07) is 0. The molecule has 1 saturated carbocycles. The largest absolute Gasteiger partial charge is 0.481 e. The van der Waals surface area contributed by atoms with Gasteiger partial charge >= 0.3 is 5.97 Å². The number of carbonyl (C=O) groups is 1. The lowest BCUT2D eigenvalue weighted by Gasteiger charge is -2.37. The summed E-state index contributed by atoms with van der Waals surface area (Å²) in [5.41, 5.74) is -0.400. The maximum absolute atomic E-state index is 11.6. The molecule has 0 saturated heterocycles. The summed E-state index contributed by atoms with van der Waals surface area (Å²) >= 11 is 0. The summed E-state index contributed by atoms with van der Waals surface area (Å²) < 4.78 is 0. The Morgan fingerprint density at radius 1 is 1.18 bits per heavy atom. The van der Waals surface area contributed by atoms with Gasteiger partial charge in [-0.3, -0.25) is 4.79 Å². The molecule has 0 aromatic carbocycles. The molecule has 100 valence electrons. The summed E-state index contributed by atoms with van der Waals surface area (Å²) in [5.74, 6) is 0.686. The summed E-state index contributed by atoms with van der Waals surface area (Å²) in [5, 5.41) is 9.59. The Hall–Kier alpha value is -0.530. The van der Waals surface area contributed by atoms with Crippen molar-refractivity contribution in [1.29, 1.82) is 0 Å². The molecule has 1 rings (SSSR count). The van der Waals surface area contributed by atoms with Crippen molar-refractivity contribution in [1.82, 2.24) is 0 Å². The van der Waals surface area contributed by atoms with E-state index in [0.717, 1.165) is 44.9 Å². The van der Waals surface area contributed by atoms with Crippen LogP contribution in [0.5, 0.6) is 0 Å². The number of aliphatic carboxylic acids is 1. The molecule has 0 spiro atoms. The topological polar surface area (TPSA) is 37.3 Å². The lowest BCUT2D eigenvalue weighted by Crippen LogP contribution is -2.36. The van der Waals surface area contributed by atoms with Crippen molar-refractivity contribution in [3.05, 3.63) is 0 Å². The molecule has 1 N–H and O–H groups in total. The first-order chi connectivity index (χ1) is 8.05. The average Bonchev–Trinajstić information content (AvgIpc) is 2.36. The van der Waals surface area contributed by atoms with Gasteiger partial charge in [-0.2, -0.15) is 0 Å². The molecule has 0 amide bonds. The maximum Gasteiger partial charge on any atom is 0.309 e. The van der Waals surface area contributed by atoms with Gasteiger partial charge in [0.05, 0.1) is 5.41 Å². The Morgan fingerprint density at radius 3 is 2.18 bits per heavy atom. The molecule has 0 heterocycles. The summed E-state index contributed by atoms with van der Waals surface area (Å²) in [6.45, 7) is 6.68. The molecule has 17 heavy (non-hydrogen) atoms. The fourth-order valence-corrected chi connectivity index (χ4v) is 3.32. The van der Waals surface area contributed by atoms with Gasteiger partial charge in [0.1, 0.15) is 0 Å². The Morgan fingerprint density at radius 2 is 1.76 bits per heavy atom. The van der Waals surface area contributed by atoms with Crippen LogP contribution in [0.4, 0.5) is 0 Å². The highest BCUT2D eigenvalue weighted by atomic mass is 16.4. The highest BCUT2D eigenvalue weighted by Gasteiger charge is 2.41. The third-order valence-electron chi connectivity index (χ3n) is 4.89. The van der Waals surface area contributed by atoms with Crippen molar-refractivity contribution in [3.63, 3.8) is 0 Å². The lowest BCUT2D eigenvalue weighted by molar-refractivity contribution is -0.152. The van der Waals surface area contributed by atoms with Gasteiger partial charge < -0.3 is 5.11 Å². The maximum atomic E-state index is 11.6. The van der Waals surface area contributed by atoms with Gasteiger partial charge in [0.2, 0.25) is 0 Å². The van der Waals surface area contributed by atoms with Gasteiger partial charge in [0.25, 0.3) is 0 Å². The predicted octanol–water partition coefficient (Wildman–Crippen LogP) is 4.48. The summed E-state index contributed by atoms with van der Waals surface area (Å²) in [4.78, 5) is 11.6. The van der Waals surface area contributed by atoms with Gasteiger partial charge in [-0.1, -0.05) is 52.9 Å². The molecule has 2 atom stereocenters. The molecule has 1 aliphatic carbocycles. The van der Waals surface area contributed by atoms with Crippen LogP contribution in [0.1, 0.15) is 72.1 Å². The monoisotopic (exact) mass is 240 g/mol. The minimum absolute atomic E-state index is 0.400. The molecule has 2 nitrogen and oxygen atoms in total. The van der Waals surface area contributed by atoms with Crippen molar-refractivity contribution in [3.8, 4) is 0 Å². The van der Waals surface area contributed by atoms with Gasteiger partial charge in [0.15, 0.2) is 0 Å². The number of carboxylic acids is 1. The first-order valence-corrected chi connectivity index (χ1v) is 7.29. The third kappa shape index (κ3) is 3.46. The first-order valence-electron chi connectivity index (χ1n) is 7.29. The van der Waals surface area contributed by atoms with Gasteiger partial charge in [-0.05, 0) is 31.1 Å². The Labute approximate surface area is 106 Å². The van der Waals surface area contributed by atoms with Crippen LogP contribution >= 0.6 is 0 Å². The second-order valence-electron chi connectivity index (χ2n) is 5.90. The zero-order valence-electron chi connectivity index (χ0n) is 11.7. The standard InChI is InChI=1S/C15H28O2/c1-4-12(3)13(5-2)11-15(14(16)17)9-7-6-8-10-15/h12-13H,4-11H2,1-3H3,(H,16,17). The zero-order valence-corrected chi connectivity index (χ0v) is 11.7. The van der Waals surface area contributed by atoms with Crippen molar-refractivity contribution in [2.75, 3.05) is 0 Å². The first kappa shape index (κ1) is 14.5. The SMILES string of the molecule is CCC(C)C(CC)CC1(C(=O)O)CCCCC1. The molecule has 0 aromatic heterocycles. The lowest BCUT2D eigenvalue weighted by atomic mass is 9.66. The Kier molecular flexibility index (Phi) is 5.48. The van der Waals surface area contributed by atoms with E-state index in [0.29, 0.717) is 11.8 Å². The average molecular weight is 240 g/mol. The summed E-state index contributed by atoms with van der Waals surface area (Å²) in [7, 11) is 0. The highest BCUT2D eigenvalue weighted by Crippen LogP contribution is 2.44. The van der Waals surface area contributed by atoms with Gasteiger partial charge in [-0.15, -0.1) is 0 Å². The van der Waals surface area contributed by atoms with Gasteiger partial charge in [0, 0.05) is 0 Å². The minimum atomic E-state index is -0.543. The quantitative estimate of drug-likeness (QED) is 0.743. The van der Waals surface area contributed by atoms with E-state index in [-0.39, 0.29) is 0 Å². The molecule has 2 heteroatoms. The van der Waals surface area contributed by atoms with Crippen molar-refractivity contribution in [2.24, 2.45) is 17.3 Å². The number of hydrogen-bond acceptors (Lipinski definition) is 1. The molecule has 2 unspecified atom stereocenters. The summed E-state index contributed by atoms with van der Waals surface area (Å²) in [6.07, 6.45) is 8.39. The third-order valence-corrected chi connectivity index (χ3v) is 4.89. The van der Waals surface area contributed by atoms with Crippen LogP contribution in [0.15, 0.2) is 0 Å². The molecule has 0 aromatic rings. The molecular weight excluding hydrogens is 212 g/mol. The van der Waals surface area contributed by atoms with Crippen LogP contribution in [0.2, 0.25) is 0 Å². The zero-order chi connectivity index (χ0) is 12.9. The predicted molar refractivity (Wildman–Crippen MR) is 71.0 cm³/mol. The fourth-order valence-electron chi connectivity index (χ4n) is 3.32. The van der Waals surface area contributed by atoms with Crippen molar-refractivity contribution >= 4 is 5.97 Å². The number of rotatable bonds is 6. The van der Waals surface area contributed by atoms with Crippen LogP contribution in [-0.2, 0) is 4.79 Å².